The quantitative estimate of drug-likeness (QED) is 0.848. The normalized spacial score (nSPS) is 12.7. The lowest BCUT2D eigenvalue weighted by Crippen LogP contribution is -2.11. The van der Waals surface area contributed by atoms with E-state index in [-0.39, 0.29) is 6.04 Å². The Morgan fingerprint density at radius 1 is 1.30 bits per heavy atom. The van der Waals surface area contributed by atoms with E-state index in [2.05, 4.69) is 36.3 Å². The van der Waals surface area contributed by atoms with Gasteiger partial charge in [-0.2, -0.15) is 0 Å². The molecular weight excluding hydrogens is 254 g/mol. The molecule has 0 saturated heterocycles. The molecule has 1 aromatic heterocycles. The van der Waals surface area contributed by atoms with Crippen LogP contribution in [0.15, 0.2) is 18.2 Å². The van der Waals surface area contributed by atoms with E-state index >= 15 is 0 Å². The van der Waals surface area contributed by atoms with Gasteiger partial charge in [0.25, 0.3) is 0 Å². The third kappa shape index (κ3) is 2.89. The van der Waals surface area contributed by atoms with Gasteiger partial charge in [0, 0.05) is 5.56 Å². The van der Waals surface area contributed by atoms with Crippen LogP contribution in [0.1, 0.15) is 33.2 Å². The van der Waals surface area contributed by atoms with Crippen molar-refractivity contribution in [2.75, 3.05) is 12.8 Å². The number of tetrazole rings is 1. The van der Waals surface area contributed by atoms with Crippen LogP contribution in [0.3, 0.4) is 0 Å². The Morgan fingerprint density at radius 3 is 2.70 bits per heavy atom. The van der Waals surface area contributed by atoms with Crippen molar-refractivity contribution in [1.29, 1.82) is 0 Å². The number of rotatable bonds is 5. The summed E-state index contributed by atoms with van der Waals surface area (Å²) in [6, 6.07) is 5.81. The van der Waals surface area contributed by atoms with Crippen molar-refractivity contribution in [3.05, 3.63) is 18.2 Å². The summed E-state index contributed by atoms with van der Waals surface area (Å²) in [7, 11) is 1.60. The maximum absolute atomic E-state index is 5.83. The van der Waals surface area contributed by atoms with Crippen molar-refractivity contribution in [1.82, 2.24) is 20.2 Å². The summed E-state index contributed by atoms with van der Waals surface area (Å²) in [4.78, 5) is 0. The Morgan fingerprint density at radius 2 is 2.05 bits per heavy atom. The van der Waals surface area contributed by atoms with Crippen LogP contribution in [0.4, 0.5) is 5.69 Å². The predicted octanol–water partition coefficient (Wildman–Crippen LogP) is 2.54. The molecule has 6 heteroatoms. The van der Waals surface area contributed by atoms with E-state index < -0.39 is 0 Å². The number of hydrogen-bond acceptors (Lipinski definition) is 5. The Balaban J connectivity index is 2.36. The molecule has 2 aromatic rings. The largest absolute Gasteiger partial charge is 0.495 e. The standard InChI is InChI=1S/C14H21N5O/c1-9(2)7-10(3)19-14(16-17-18-19)11-5-6-12(15)13(8-11)20-4/h5-6,8-10H,7,15H2,1-4H3. The lowest BCUT2D eigenvalue weighted by molar-refractivity contribution is 0.393. The van der Waals surface area contributed by atoms with E-state index in [0.29, 0.717) is 17.4 Å². The van der Waals surface area contributed by atoms with Crippen molar-refractivity contribution in [3.8, 4) is 17.1 Å². The Bertz CT molecular complexity index is 579. The highest BCUT2D eigenvalue weighted by atomic mass is 16.5. The molecule has 0 radical (unpaired) electrons. The van der Waals surface area contributed by atoms with E-state index in [0.717, 1.165) is 17.8 Å². The molecule has 0 fully saturated rings. The van der Waals surface area contributed by atoms with E-state index in [1.165, 1.54) is 0 Å². The first-order chi connectivity index (χ1) is 9.52. The summed E-state index contributed by atoms with van der Waals surface area (Å²) in [5, 5.41) is 12.0. The molecule has 0 aliphatic carbocycles. The van der Waals surface area contributed by atoms with E-state index in [1.807, 2.05) is 16.8 Å². The number of benzene rings is 1. The van der Waals surface area contributed by atoms with Gasteiger partial charge in [0.05, 0.1) is 18.8 Å². The molecule has 1 unspecified atom stereocenters. The zero-order chi connectivity index (χ0) is 14.7. The summed E-state index contributed by atoms with van der Waals surface area (Å²) in [6.07, 6.45) is 1.02. The van der Waals surface area contributed by atoms with Crippen molar-refractivity contribution < 1.29 is 4.74 Å². The number of ether oxygens (including phenoxy) is 1. The lowest BCUT2D eigenvalue weighted by atomic mass is 10.1. The van der Waals surface area contributed by atoms with Gasteiger partial charge >= 0.3 is 0 Å². The number of aromatic nitrogens is 4. The van der Waals surface area contributed by atoms with E-state index in [4.69, 9.17) is 10.5 Å². The topological polar surface area (TPSA) is 78.9 Å². The van der Waals surface area contributed by atoms with Gasteiger partial charge in [0.15, 0.2) is 5.82 Å². The molecule has 6 nitrogen and oxygen atoms in total. The smallest absolute Gasteiger partial charge is 0.182 e. The van der Waals surface area contributed by atoms with Crippen molar-refractivity contribution in [3.63, 3.8) is 0 Å². The van der Waals surface area contributed by atoms with Crippen LogP contribution in [0.25, 0.3) is 11.4 Å². The van der Waals surface area contributed by atoms with E-state index in [9.17, 15) is 0 Å². The molecule has 0 spiro atoms. The second kappa shape index (κ2) is 5.90. The van der Waals surface area contributed by atoms with Gasteiger partial charge in [-0.25, -0.2) is 4.68 Å². The fourth-order valence-corrected chi connectivity index (χ4v) is 2.31. The van der Waals surface area contributed by atoms with Crippen LogP contribution in [0, 0.1) is 5.92 Å². The SMILES string of the molecule is COc1cc(-c2nnnn2C(C)CC(C)C)ccc1N. The number of anilines is 1. The third-order valence-electron chi connectivity index (χ3n) is 3.21. The summed E-state index contributed by atoms with van der Waals surface area (Å²) < 4.78 is 7.10. The second-order valence-corrected chi connectivity index (χ2v) is 5.38. The first-order valence-electron chi connectivity index (χ1n) is 6.74. The molecule has 1 aromatic carbocycles. The summed E-state index contributed by atoms with van der Waals surface area (Å²) in [5.41, 5.74) is 7.34. The van der Waals surface area contributed by atoms with Crippen LogP contribution >= 0.6 is 0 Å². The zero-order valence-electron chi connectivity index (χ0n) is 12.4. The first-order valence-corrected chi connectivity index (χ1v) is 6.74. The van der Waals surface area contributed by atoms with Gasteiger partial charge in [-0.05, 0) is 47.9 Å². The predicted molar refractivity (Wildman–Crippen MR) is 78.4 cm³/mol. The summed E-state index contributed by atoms with van der Waals surface area (Å²) in [6.45, 7) is 6.49. The average molecular weight is 275 g/mol. The van der Waals surface area contributed by atoms with Crippen LogP contribution in [0.2, 0.25) is 0 Å². The first kappa shape index (κ1) is 14.3. The van der Waals surface area contributed by atoms with Crippen LogP contribution in [-0.2, 0) is 0 Å². The molecule has 0 saturated carbocycles. The second-order valence-electron chi connectivity index (χ2n) is 5.38. The van der Waals surface area contributed by atoms with Crippen LogP contribution < -0.4 is 10.5 Å². The molecule has 0 bridgehead atoms. The molecule has 0 aliphatic rings. The van der Waals surface area contributed by atoms with Crippen LogP contribution in [-0.4, -0.2) is 27.3 Å². The van der Waals surface area contributed by atoms with E-state index in [1.54, 1.807) is 13.2 Å². The molecule has 108 valence electrons. The zero-order valence-corrected chi connectivity index (χ0v) is 12.4. The molecule has 0 amide bonds. The average Bonchev–Trinajstić information content (AvgIpc) is 2.88. The Hall–Kier alpha value is -2.11. The highest BCUT2D eigenvalue weighted by Gasteiger charge is 2.16. The number of nitrogen functional groups attached to an aromatic ring is 1. The fraction of sp³-hybridized carbons (Fsp3) is 0.500. The Labute approximate surface area is 118 Å². The molecular formula is C14H21N5O. The number of methoxy groups -OCH3 is 1. The number of nitrogens with zero attached hydrogens (tertiary/aromatic N) is 4. The van der Waals surface area contributed by atoms with Gasteiger partial charge in [-0.15, -0.1) is 5.10 Å². The molecule has 0 aliphatic heterocycles. The molecule has 1 atom stereocenters. The molecule has 2 N–H and O–H groups in total. The minimum absolute atomic E-state index is 0.239. The van der Waals surface area contributed by atoms with Gasteiger partial charge in [-0.3, -0.25) is 0 Å². The Kier molecular flexibility index (Phi) is 4.22. The minimum atomic E-state index is 0.239. The van der Waals surface area contributed by atoms with Crippen LogP contribution in [0.5, 0.6) is 5.75 Å². The highest BCUT2D eigenvalue weighted by molar-refractivity contribution is 5.65. The monoisotopic (exact) mass is 275 g/mol. The maximum Gasteiger partial charge on any atom is 0.182 e. The van der Waals surface area contributed by atoms with Gasteiger partial charge in [0.1, 0.15) is 5.75 Å². The number of nitrogens with two attached hydrogens (primary N) is 1. The fourth-order valence-electron chi connectivity index (χ4n) is 2.31. The van der Waals surface area contributed by atoms with Gasteiger partial charge < -0.3 is 10.5 Å². The summed E-state index contributed by atoms with van der Waals surface area (Å²) >= 11 is 0. The van der Waals surface area contributed by atoms with Gasteiger partial charge in [-0.1, -0.05) is 13.8 Å². The highest BCUT2D eigenvalue weighted by Crippen LogP contribution is 2.29. The lowest BCUT2D eigenvalue weighted by Gasteiger charge is -2.16. The third-order valence-corrected chi connectivity index (χ3v) is 3.21. The summed E-state index contributed by atoms with van der Waals surface area (Å²) in [5.74, 6) is 1.95. The molecule has 20 heavy (non-hydrogen) atoms. The van der Waals surface area contributed by atoms with Gasteiger partial charge in [0.2, 0.25) is 0 Å². The molecule has 1 heterocycles. The minimum Gasteiger partial charge on any atom is -0.495 e. The van der Waals surface area contributed by atoms with Crippen molar-refractivity contribution >= 4 is 5.69 Å². The van der Waals surface area contributed by atoms with Crippen molar-refractivity contribution in [2.45, 2.75) is 33.2 Å². The molecule has 2 rings (SSSR count). The van der Waals surface area contributed by atoms with Crippen molar-refractivity contribution in [2.24, 2.45) is 5.92 Å². The maximum atomic E-state index is 5.83. The number of hydrogen-bond donors (Lipinski definition) is 1.